The van der Waals surface area contributed by atoms with Gasteiger partial charge in [0.15, 0.2) is 8.32 Å². The fraction of sp³-hybridized carbons (Fsp3) is 0.714. The van der Waals surface area contributed by atoms with E-state index in [1.807, 2.05) is 26.9 Å². The molecule has 0 heterocycles. The molecule has 0 aliphatic heterocycles. The summed E-state index contributed by atoms with van der Waals surface area (Å²) in [7, 11) is -2.12. The summed E-state index contributed by atoms with van der Waals surface area (Å²) in [6.07, 6.45) is 5.22. The normalized spacial score (nSPS) is 12.9. The quantitative estimate of drug-likeness (QED) is 0.435. The Hall–Kier alpha value is -0.263. The predicted octanol–water partition coefficient (Wildman–Crippen LogP) is 1.60. The summed E-state index contributed by atoms with van der Waals surface area (Å²) in [5, 5.41) is -0.299. The topological polar surface area (TPSA) is 20.2 Å². The Morgan fingerprint density at radius 3 is 1.78 bits per heavy atom. The minimum atomic E-state index is -2.12. The van der Waals surface area contributed by atoms with E-state index in [9.17, 15) is 4.80 Å². The van der Waals surface area contributed by atoms with Crippen molar-refractivity contribution >= 4 is 8.32 Å². The van der Waals surface area contributed by atoms with E-state index in [0.717, 1.165) is 0 Å². The van der Waals surface area contributed by atoms with E-state index in [1.165, 1.54) is 0 Å². The lowest BCUT2D eigenvalue weighted by molar-refractivity contribution is 0.510. The molecule has 0 amide bonds. The average Bonchev–Trinajstić information content (AvgIpc) is 1.64. The molecule has 1 N–H and O–H groups in total. The summed E-state index contributed by atoms with van der Waals surface area (Å²) < 4.78 is 0. The zero-order valence-electron chi connectivity index (χ0n) is 6.52. The van der Waals surface area contributed by atoms with Crippen LogP contribution in [0.4, 0.5) is 0 Å². The van der Waals surface area contributed by atoms with Crippen molar-refractivity contribution in [2.24, 2.45) is 0 Å². The smallest absolute Gasteiger partial charge is 0.199 e. The molecule has 0 atom stereocenters. The Kier molecular flexibility index (Phi) is 2.10. The van der Waals surface area contributed by atoms with E-state index >= 15 is 0 Å². The second kappa shape index (κ2) is 2.16. The molecule has 0 radical (unpaired) electrons. The lowest BCUT2D eigenvalue weighted by Gasteiger charge is -2.29. The highest BCUT2D eigenvalue weighted by molar-refractivity contribution is 6.73. The number of terminal acetylenes is 1. The molecule has 0 rings (SSSR count). The van der Waals surface area contributed by atoms with Gasteiger partial charge in [-0.1, -0.05) is 0 Å². The molecule has 0 aromatic rings. The molecular formula is C7H14OSi. The van der Waals surface area contributed by atoms with Gasteiger partial charge in [-0.2, -0.15) is 0 Å². The second-order valence-electron chi connectivity index (χ2n) is 3.33. The summed E-state index contributed by atoms with van der Waals surface area (Å²) in [6, 6.07) is 0. The first-order valence-corrected chi connectivity index (χ1v) is 5.96. The van der Waals surface area contributed by atoms with E-state index in [0.29, 0.717) is 0 Å². The molecule has 0 saturated heterocycles. The van der Waals surface area contributed by atoms with E-state index in [1.54, 1.807) is 0 Å². The minimum Gasteiger partial charge on any atom is -0.431 e. The zero-order chi connectivity index (χ0) is 7.71. The summed E-state index contributed by atoms with van der Waals surface area (Å²) in [5.74, 6) is 2.59. The van der Waals surface area contributed by atoms with Crippen molar-refractivity contribution in [3.8, 4) is 12.3 Å². The van der Waals surface area contributed by atoms with Gasteiger partial charge in [-0.25, -0.2) is 0 Å². The van der Waals surface area contributed by atoms with Crippen LogP contribution in [0.2, 0.25) is 18.1 Å². The van der Waals surface area contributed by atoms with Crippen LogP contribution in [0.25, 0.3) is 0 Å². The maximum Gasteiger partial charge on any atom is 0.199 e. The SMILES string of the molecule is C#CC(C)(C)[Si](C)(C)O. The fourth-order valence-corrected chi connectivity index (χ4v) is 0.530. The maximum absolute atomic E-state index is 9.54. The van der Waals surface area contributed by atoms with Gasteiger partial charge in [-0.05, 0) is 26.9 Å². The van der Waals surface area contributed by atoms with E-state index < -0.39 is 8.32 Å². The van der Waals surface area contributed by atoms with Crippen LogP contribution in [0.1, 0.15) is 13.8 Å². The summed E-state index contributed by atoms with van der Waals surface area (Å²) in [6.45, 7) is 7.51. The van der Waals surface area contributed by atoms with Crippen LogP contribution in [0.15, 0.2) is 0 Å². The van der Waals surface area contributed by atoms with Crippen LogP contribution in [0.5, 0.6) is 0 Å². The van der Waals surface area contributed by atoms with Crippen LogP contribution < -0.4 is 0 Å². The number of hydrogen-bond donors (Lipinski definition) is 1. The Labute approximate surface area is 58.2 Å². The van der Waals surface area contributed by atoms with Crippen molar-refractivity contribution in [3.05, 3.63) is 0 Å². The molecule has 0 saturated carbocycles. The van der Waals surface area contributed by atoms with Crippen molar-refractivity contribution in [2.75, 3.05) is 0 Å². The largest absolute Gasteiger partial charge is 0.431 e. The molecule has 9 heavy (non-hydrogen) atoms. The van der Waals surface area contributed by atoms with Gasteiger partial charge in [-0.3, -0.25) is 0 Å². The van der Waals surface area contributed by atoms with Gasteiger partial charge in [0.25, 0.3) is 0 Å². The third-order valence-electron chi connectivity index (χ3n) is 1.89. The van der Waals surface area contributed by atoms with Gasteiger partial charge in [0.05, 0.1) is 0 Å². The molecular weight excluding hydrogens is 128 g/mol. The minimum absolute atomic E-state index is 0.299. The van der Waals surface area contributed by atoms with Crippen LogP contribution in [-0.4, -0.2) is 13.1 Å². The van der Waals surface area contributed by atoms with Crippen molar-refractivity contribution in [2.45, 2.75) is 32.0 Å². The number of rotatable bonds is 1. The fourth-order valence-electron chi connectivity index (χ4n) is 0.177. The summed E-state index contributed by atoms with van der Waals surface area (Å²) in [4.78, 5) is 9.54. The number of hydrogen-bond acceptors (Lipinski definition) is 1. The molecule has 0 aliphatic rings. The van der Waals surface area contributed by atoms with Crippen molar-refractivity contribution in [3.63, 3.8) is 0 Å². The van der Waals surface area contributed by atoms with Crippen molar-refractivity contribution < 1.29 is 4.80 Å². The third-order valence-corrected chi connectivity index (χ3v) is 5.09. The molecule has 1 nitrogen and oxygen atoms in total. The molecule has 0 spiro atoms. The first-order chi connectivity index (χ1) is 3.81. The van der Waals surface area contributed by atoms with Crippen LogP contribution in [0.3, 0.4) is 0 Å². The van der Waals surface area contributed by atoms with E-state index in [2.05, 4.69) is 5.92 Å². The first-order valence-electron chi connectivity index (χ1n) is 3.01. The predicted molar refractivity (Wildman–Crippen MR) is 42.6 cm³/mol. The average molecular weight is 142 g/mol. The molecule has 0 aromatic heterocycles. The first kappa shape index (κ1) is 8.74. The highest BCUT2D eigenvalue weighted by atomic mass is 28.4. The zero-order valence-corrected chi connectivity index (χ0v) is 7.52. The second-order valence-corrected chi connectivity index (χ2v) is 7.70. The maximum atomic E-state index is 9.54. The van der Waals surface area contributed by atoms with Gasteiger partial charge in [0.1, 0.15) is 0 Å². The molecule has 0 unspecified atom stereocenters. The Morgan fingerprint density at radius 1 is 1.44 bits per heavy atom. The van der Waals surface area contributed by atoms with Crippen LogP contribution in [-0.2, 0) is 0 Å². The van der Waals surface area contributed by atoms with Gasteiger partial charge in [-0.15, -0.1) is 12.3 Å². The Balaban J connectivity index is 4.39. The molecule has 52 valence electrons. The van der Waals surface area contributed by atoms with Crippen molar-refractivity contribution in [1.82, 2.24) is 0 Å². The van der Waals surface area contributed by atoms with E-state index in [-0.39, 0.29) is 5.04 Å². The Morgan fingerprint density at radius 2 is 1.78 bits per heavy atom. The van der Waals surface area contributed by atoms with E-state index in [4.69, 9.17) is 6.42 Å². The molecule has 0 aromatic carbocycles. The third kappa shape index (κ3) is 1.85. The summed E-state index contributed by atoms with van der Waals surface area (Å²) >= 11 is 0. The van der Waals surface area contributed by atoms with Crippen LogP contribution >= 0.6 is 0 Å². The highest BCUT2D eigenvalue weighted by Gasteiger charge is 2.36. The Bertz CT molecular complexity index is 136. The molecule has 0 bridgehead atoms. The van der Waals surface area contributed by atoms with Gasteiger partial charge < -0.3 is 4.80 Å². The van der Waals surface area contributed by atoms with Crippen molar-refractivity contribution in [1.29, 1.82) is 0 Å². The molecule has 2 heteroatoms. The molecule has 0 aliphatic carbocycles. The standard InChI is InChI=1S/C7H14OSi/c1-6-7(2,3)9(4,5)8/h1,8H,2-5H3. The monoisotopic (exact) mass is 142 g/mol. The van der Waals surface area contributed by atoms with Gasteiger partial charge in [0.2, 0.25) is 0 Å². The highest BCUT2D eigenvalue weighted by Crippen LogP contribution is 2.33. The lowest BCUT2D eigenvalue weighted by atomic mass is 10.2. The van der Waals surface area contributed by atoms with Crippen LogP contribution in [0, 0.1) is 12.3 Å². The summed E-state index contributed by atoms with van der Waals surface area (Å²) in [5.41, 5.74) is 0. The lowest BCUT2D eigenvalue weighted by Crippen LogP contribution is -2.37. The van der Waals surface area contributed by atoms with Gasteiger partial charge >= 0.3 is 0 Å². The van der Waals surface area contributed by atoms with Gasteiger partial charge in [0, 0.05) is 5.04 Å². The molecule has 0 fully saturated rings.